The van der Waals surface area contributed by atoms with Crippen LogP contribution in [0.5, 0.6) is 0 Å². The van der Waals surface area contributed by atoms with Gasteiger partial charge in [-0.25, -0.2) is 0 Å². The maximum atomic E-state index is 11.2. The predicted octanol–water partition coefficient (Wildman–Crippen LogP) is 3.09. The minimum atomic E-state index is -0.817. The Hall–Kier alpha value is -1.14. The molecule has 3 rings (SSSR count). The van der Waals surface area contributed by atoms with E-state index in [0.717, 1.165) is 12.8 Å². The highest BCUT2D eigenvalue weighted by molar-refractivity contribution is 8.03. The molecule has 0 saturated heterocycles. The number of carbonyl (C=O) groups is 1. The minimum absolute atomic E-state index is 0.0990. The van der Waals surface area contributed by atoms with Gasteiger partial charge in [-0.05, 0) is 31.1 Å². The zero-order valence-electron chi connectivity index (χ0n) is 13.9. The Kier molecular flexibility index (Phi) is 5.45. The van der Waals surface area contributed by atoms with Crippen molar-refractivity contribution in [3.05, 3.63) is 23.3 Å². The highest BCUT2D eigenvalue weighted by Crippen LogP contribution is 2.36. The van der Waals surface area contributed by atoms with E-state index in [4.69, 9.17) is 11.6 Å². The van der Waals surface area contributed by atoms with Gasteiger partial charge < -0.3 is 10.4 Å². The lowest BCUT2D eigenvalue weighted by molar-refractivity contribution is -0.140. The van der Waals surface area contributed by atoms with Crippen molar-refractivity contribution in [1.29, 1.82) is 0 Å². The fourth-order valence-corrected chi connectivity index (χ4v) is 4.72. The molecule has 0 spiro atoms. The van der Waals surface area contributed by atoms with E-state index in [1.165, 1.54) is 11.9 Å². The molecule has 2 aliphatic heterocycles. The van der Waals surface area contributed by atoms with Crippen molar-refractivity contribution in [3.8, 4) is 0 Å². The summed E-state index contributed by atoms with van der Waals surface area (Å²) >= 11 is 8.40. The lowest BCUT2D eigenvalue weighted by atomic mass is 9.92. The first-order valence-corrected chi connectivity index (χ1v) is 9.81. The Morgan fingerprint density at radius 3 is 3.04 bits per heavy atom. The van der Waals surface area contributed by atoms with Gasteiger partial charge in [0, 0.05) is 23.2 Å². The maximum absolute atomic E-state index is 11.2. The number of nitrogens with zero attached hydrogens (tertiary/aromatic N) is 2. The van der Waals surface area contributed by atoms with Gasteiger partial charge in [0.1, 0.15) is 5.92 Å². The third-order valence-electron chi connectivity index (χ3n) is 5.07. The van der Waals surface area contributed by atoms with Crippen molar-refractivity contribution in [2.24, 2.45) is 22.9 Å². The van der Waals surface area contributed by atoms with E-state index in [9.17, 15) is 9.90 Å². The van der Waals surface area contributed by atoms with Crippen molar-refractivity contribution in [3.63, 3.8) is 0 Å². The van der Waals surface area contributed by atoms with Crippen molar-refractivity contribution in [2.45, 2.75) is 43.5 Å². The summed E-state index contributed by atoms with van der Waals surface area (Å²) in [4.78, 5) is 11.2. The van der Waals surface area contributed by atoms with E-state index in [2.05, 4.69) is 34.9 Å². The van der Waals surface area contributed by atoms with Gasteiger partial charge in [0.15, 0.2) is 0 Å². The fraction of sp³-hybridized carbons (Fsp3) is 0.647. The van der Waals surface area contributed by atoms with E-state index in [0.29, 0.717) is 12.5 Å². The van der Waals surface area contributed by atoms with E-state index < -0.39 is 11.9 Å². The highest BCUT2D eigenvalue weighted by Gasteiger charge is 2.36. The quantitative estimate of drug-likeness (QED) is 0.589. The Balaban J connectivity index is 1.57. The standard InChI is InChI=1S/C17H24ClN3O2S/c1-10-5-3-4-6-12(16(10)18)14-9-24-15(20-14)8-21-11(2)13(7-19-21)17(22)23/h4,6-7,9-13,15-16,20H,3,5,8H2,1-2H3,(H,22,23)/t10-,11-,12?,13+,15?,16?/m0/s1. The number of hydrogen-bond acceptors (Lipinski definition) is 5. The van der Waals surface area contributed by atoms with E-state index in [1.54, 1.807) is 11.8 Å². The van der Waals surface area contributed by atoms with Crippen LogP contribution in [-0.2, 0) is 4.79 Å². The SMILES string of the molecule is C[C@H]1CCC=CC(C2=CSC(CN3N=C[C@@H](C(=O)O)[C@@H]3C)N2)C1Cl. The summed E-state index contributed by atoms with van der Waals surface area (Å²) < 4.78 is 0. The summed E-state index contributed by atoms with van der Waals surface area (Å²) in [5.41, 5.74) is 1.17. The van der Waals surface area contributed by atoms with Gasteiger partial charge in [-0.3, -0.25) is 9.80 Å². The maximum Gasteiger partial charge on any atom is 0.314 e. The molecule has 2 heterocycles. The van der Waals surface area contributed by atoms with Crippen LogP contribution in [0.25, 0.3) is 0 Å². The molecule has 2 N–H and O–H groups in total. The second-order valence-electron chi connectivity index (χ2n) is 6.79. The lowest BCUT2D eigenvalue weighted by Crippen LogP contribution is -2.41. The zero-order chi connectivity index (χ0) is 17.3. The predicted molar refractivity (Wildman–Crippen MR) is 99.1 cm³/mol. The molecule has 3 aliphatic rings. The molecule has 5 nitrogen and oxygen atoms in total. The number of thioether (sulfide) groups is 1. The fourth-order valence-electron chi connectivity index (χ4n) is 3.40. The number of alkyl halides is 1. The molecule has 132 valence electrons. The molecule has 0 aromatic carbocycles. The first-order valence-electron chi connectivity index (χ1n) is 8.43. The smallest absolute Gasteiger partial charge is 0.314 e. The number of carboxylic acid groups (broad SMARTS) is 1. The Labute approximate surface area is 152 Å². The molecule has 0 fully saturated rings. The largest absolute Gasteiger partial charge is 0.481 e. The third-order valence-corrected chi connectivity index (χ3v) is 6.76. The number of carboxylic acids is 1. The van der Waals surface area contributed by atoms with E-state index in [1.807, 2.05) is 11.9 Å². The molecule has 1 aliphatic carbocycles. The molecular formula is C17H24ClN3O2S. The van der Waals surface area contributed by atoms with Gasteiger partial charge in [-0.15, -0.1) is 23.4 Å². The summed E-state index contributed by atoms with van der Waals surface area (Å²) in [6, 6.07) is -0.118. The summed E-state index contributed by atoms with van der Waals surface area (Å²) in [6.07, 6.45) is 8.20. The second kappa shape index (κ2) is 7.40. The van der Waals surface area contributed by atoms with Crippen molar-refractivity contribution < 1.29 is 9.90 Å². The molecule has 7 heteroatoms. The van der Waals surface area contributed by atoms with Crippen molar-refractivity contribution >= 4 is 35.5 Å². The summed E-state index contributed by atoms with van der Waals surface area (Å²) in [5.74, 6) is -0.644. The average molecular weight is 370 g/mol. The molecular weight excluding hydrogens is 346 g/mol. The van der Waals surface area contributed by atoms with Crippen LogP contribution >= 0.6 is 23.4 Å². The Bertz CT molecular complexity index is 580. The van der Waals surface area contributed by atoms with Gasteiger partial charge in [0.05, 0.1) is 18.0 Å². The topological polar surface area (TPSA) is 64.9 Å². The Morgan fingerprint density at radius 2 is 2.33 bits per heavy atom. The summed E-state index contributed by atoms with van der Waals surface area (Å²) in [6.45, 7) is 4.79. The van der Waals surface area contributed by atoms with Crippen LogP contribution in [0, 0.1) is 17.8 Å². The molecule has 24 heavy (non-hydrogen) atoms. The van der Waals surface area contributed by atoms with Gasteiger partial charge in [0.25, 0.3) is 0 Å². The third kappa shape index (κ3) is 3.59. The van der Waals surface area contributed by atoms with Gasteiger partial charge in [-0.2, -0.15) is 5.10 Å². The van der Waals surface area contributed by atoms with Gasteiger partial charge in [0.2, 0.25) is 0 Å². The lowest BCUT2D eigenvalue weighted by Gasteiger charge is -2.28. The normalized spacial score (nSPS) is 38.8. The highest BCUT2D eigenvalue weighted by atomic mass is 35.5. The molecule has 6 atom stereocenters. The number of aliphatic carboxylic acids is 1. The zero-order valence-corrected chi connectivity index (χ0v) is 15.5. The monoisotopic (exact) mass is 369 g/mol. The second-order valence-corrected chi connectivity index (χ2v) is 8.37. The van der Waals surface area contributed by atoms with Crippen molar-refractivity contribution in [1.82, 2.24) is 10.3 Å². The van der Waals surface area contributed by atoms with Crippen LogP contribution in [0.4, 0.5) is 0 Å². The molecule has 0 bridgehead atoms. The first-order chi connectivity index (χ1) is 11.5. The molecule has 0 saturated carbocycles. The summed E-state index contributed by atoms with van der Waals surface area (Å²) in [7, 11) is 0. The first kappa shape index (κ1) is 17.7. The van der Waals surface area contributed by atoms with Crippen LogP contribution in [0.3, 0.4) is 0 Å². The number of rotatable bonds is 4. The van der Waals surface area contributed by atoms with Crippen LogP contribution < -0.4 is 5.32 Å². The summed E-state index contributed by atoms with van der Waals surface area (Å²) in [5, 5.41) is 21.3. The minimum Gasteiger partial charge on any atom is -0.481 e. The number of halogens is 1. The van der Waals surface area contributed by atoms with E-state index in [-0.39, 0.29) is 22.7 Å². The number of hydrogen-bond donors (Lipinski definition) is 2. The van der Waals surface area contributed by atoms with E-state index >= 15 is 0 Å². The molecule has 0 aromatic heterocycles. The van der Waals surface area contributed by atoms with Gasteiger partial charge >= 0.3 is 5.97 Å². The van der Waals surface area contributed by atoms with Crippen molar-refractivity contribution in [2.75, 3.05) is 6.54 Å². The van der Waals surface area contributed by atoms with Crippen LogP contribution in [0.15, 0.2) is 28.4 Å². The molecule has 3 unspecified atom stereocenters. The average Bonchev–Trinajstić information content (AvgIpc) is 3.10. The Morgan fingerprint density at radius 1 is 1.54 bits per heavy atom. The molecule has 0 radical (unpaired) electrons. The molecule has 0 amide bonds. The van der Waals surface area contributed by atoms with Crippen LogP contribution in [0.2, 0.25) is 0 Å². The number of allylic oxidation sites excluding steroid dienone is 2. The number of hydrazone groups is 1. The number of nitrogens with one attached hydrogen (secondary N) is 1. The van der Waals surface area contributed by atoms with Crippen LogP contribution in [0.1, 0.15) is 26.7 Å². The molecule has 0 aromatic rings. The van der Waals surface area contributed by atoms with Gasteiger partial charge in [-0.1, -0.05) is 19.1 Å². The van der Waals surface area contributed by atoms with Crippen LogP contribution in [-0.4, -0.2) is 45.6 Å².